The van der Waals surface area contributed by atoms with E-state index >= 15 is 0 Å². The van der Waals surface area contributed by atoms with Crippen molar-refractivity contribution >= 4 is 29.3 Å². The minimum atomic E-state index is 0.107. The summed E-state index contributed by atoms with van der Waals surface area (Å²) in [5.74, 6) is 0.982. The van der Waals surface area contributed by atoms with E-state index in [1.54, 1.807) is 4.90 Å². The lowest BCUT2D eigenvalue weighted by atomic mass is 10.3. The number of nitrogens with one attached hydrogen (secondary N) is 2. The number of hydrogen-bond acceptors (Lipinski definition) is 6. The standard InChI is InChI=1S/C13H22N6OS/c1-3-19(4-2)11(20)9-21-13-14-12(17-18-13)16-15-10-7-5-6-8-10/h3-9H2,1-2H3,(H2,14,16,17,18). The van der Waals surface area contributed by atoms with Crippen molar-refractivity contribution in [2.75, 3.05) is 24.3 Å². The number of thioether (sulfide) groups is 1. The molecule has 0 aromatic carbocycles. The molecule has 21 heavy (non-hydrogen) atoms. The molecule has 1 fully saturated rings. The summed E-state index contributed by atoms with van der Waals surface area (Å²) in [6.45, 7) is 5.41. The van der Waals surface area contributed by atoms with Gasteiger partial charge in [0.1, 0.15) is 0 Å². The SMILES string of the molecule is CCN(CC)C(=O)CSc1n[nH]c(NN=C2CCCC2)n1. The van der Waals surface area contributed by atoms with Gasteiger partial charge in [-0.3, -0.25) is 4.79 Å². The first kappa shape index (κ1) is 15.8. The number of carbonyl (C=O) groups is 1. The molecule has 2 rings (SSSR count). The van der Waals surface area contributed by atoms with E-state index in [0.717, 1.165) is 25.9 Å². The van der Waals surface area contributed by atoms with Crippen LogP contribution in [0.2, 0.25) is 0 Å². The maximum absolute atomic E-state index is 11.9. The molecule has 0 atom stereocenters. The number of anilines is 1. The highest BCUT2D eigenvalue weighted by Gasteiger charge is 2.12. The Kier molecular flexibility index (Phi) is 6.04. The van der Waals surface area contributed by atoms with Gasteiger partial charge in [0.05, 0.1) is 5.75 Å². The third-order valence-corrected chi connectivity index (χ3v) is 4.24. The Hall–Kier alpha value is -1.57. The number of aromatic nitrogens is 3. The summed E-state index contributed by atoms with van der Waals surface area (Å²) in [5, 5.41) is 11.7. The van der Waals surface area contributed by atoms with Crippen molar-refractivity contribution in [3.63, 3.8) is 0 Å². The predicted molar refractivity (Wildman–Crippen MR) is 84.6 cm³/mol. The van der Waals surface area contributed by atoms with Crippen molar-refractivity contribution in [2.24, 2.45) is 5.10 Å². The lowest BCUT2D eigenvalue weighted by molar-refractivity contribution is -0.127. The van der Waals surface area contributed by atoms with Crippen LogP contribution in [0.4, 0.5) is 5.95 Å². The van der Waals surface area contributed by atoms with Gasteiger partial charge in [-0.25, -0.2) is 10.5 Å². The van der Waals surface area contributed by atoms with E-state index in [9.17, 15) is 4.79 Å². The average molecular weight is 310 g/mol. The van der Waals surface area contributed by atoms with Gasteiger partial charge in [-0.1, -0.05) is 11.8 Å². The number of H-pyrrole nitrogens is 1. The number of amides is 1. The lowest BCUT2D eigenvalue weighted by Gasteiger charge is -2.17. The van der Waals surface area contributed by atoms with Crippen LogP contribution in [0.25, 0.3) is 0 Å². The minimum absolute atomic E-state index is 0.107. The monoisotopic (exact) mass is 310 g/mol. The second-order valence-corrected chi connectivity index (χ2v) is 5.76. The van der Waals surface area contributed by atoms with Crippen molar-refractivity contribution in [1.82, 2.24) is 20.1 Å². The van der Waals surface area contributed by atoms with Gasteiger partial charge in [0.25, 0.3) is 0 Å². The fourth-order valence-electron chi connectivity index (χ4n) is 2.18. The highest BCUT2D eigenvalue weighted by molar-refractivity contribution is 7.99. The molecular formula is C13H22N6OS. The Morgan fingerprint density at radius 1 is 1.38 bits per heavy atom. The Balaban J connectivity index is 1.80. The molecule has 0 unspecified atom stereocenters. The quantitative estimate of drug-likeness (QED) is 0.595. The Morgan fingerprint density at radius 2 is 2.10 bits per heavy atom. The van der Waals surface area contributed by atoms with E-state index in [1.165, 1.54) is 30.3 Å². The zero-order valence-corrected chi connectivity index (χ0v) is 13.4. The van der Waals surface area contributed by atoms with Crippen molar-refractivity contribution in [3.8, 4) is 0 Å². The molecule has 0 saturated heterocycles. The average Bonchev–Trinajstić information content (AvgIpc) is 3.16. The normalized spacial score (nSPS) is 14.3. The van der Waals surface area contributed by atoms with Gasteiger partial charge in [-0.2, -0.15) is 10.1 Å². The molecular weight excluding hydrogens is 288 g/mol. The van der Waals surface area contributed by atoms with Crippen LogP contribution in [-0.2, 0) is 4.79 Å². The van der Waals surface area contributed by atoms with Gasteiger partial charge in [0.2, 0.25) is 17.0 Å². The van der Waals surface area contributed by atoms with E-state index in [-0.39, 0.29) is 5.91 Å². The summed E-state index contributed by atoms with van der Waals surface area (Å²) in [4.78, 5) is 17.9. The summed E-state index contributed by atoms with van der Waals surface area (Å²) in [5.41, 5.74) is 4.07. The maximum atomic E-state index is 11.9. The summed E-state index contributed by atoms with van der Waals surface area (Å²) >= 11 is 1.33. The van der Waals surface area contributed by atoms with Crippen LogP contribution in [-0.4, -0.2) is 50.5 Å². The third kappa shape index (κ3) is 4.73. The number of aromatic amines is 1. The molecule has 116 valence electrons. The first-order valence-electron chi connectivity index (χ1n) is 7.37. The second-order valence-electron chi connectivity index (χ2n) is 4.82. The molecule has 1 heterocycles. The molecule has 1 amide bonds. The fraction of sp³-hybridized carbons (Fsp3) is 0.692. The van der Waals surface area contributed by atoms with Gasteiger partial charge >= 0.3 is 0 Å². The van der Waals surface area contributed by atoms with Crippen LogP contribution >= 0.6 is 11.8 Å². The molecule has 0 spiro atoms. The zero-order valence-electron chi connectivity index (χ0n) is 12.6. The largest absolute Gasteiger partial charge is 0.343 e. The van der Waals surface area contributed by atoms with Gasteiger partial charge in [-0.15, -0.1) is 5.10 Å². The van der Waals surface area contributed by atoms with Gasteiger partial charge < -0.3 is 4.90 Å². The van der Waals surface area contributed by atoms with Gasteiger partial charge in [0.15, 0.2) is 0 Å². The molecule has 8 heteroatoms. The first-order valence-corrected chi connectivity index (χ1v) is 8.36. The van der Waals surface area contributed by atoms with Crippen LogP contribution in [0.3, 0.4) is 0 Å². The smallest absolute Gasteiger partial charge is 0.240 e. The van der Waals surface area contributed by atoms with E-state index in [2.05, 4.69) is 25.7 Å². The zero-order chi connectivity index (χ0) is 15.1. The van der Waals surface area contributed by atoms with Crippen molar-refractivity contribution in [2.45, 2.75) is 44.7 Å². The maximum Gasteiger partial charge on any atom is 0.240 e. The molecule has 0 aliphatic heterocycles. The summed E-state index contributed by atoms with van der Waals surface area (Å²) in [6, 6.07) is 0. The van der Waals surface area contributed by atoms with Crippen molar-refractivity contribution < 1.29 is 4.79 Å². The molecule has 1 aromatic rings. The van der Waals surface area contributed by atoms with Crippen LogP contribution in [0.15, 0.2) is 10.3 Å². The summed E-state index contributed by atoms with van der Waals surface area (Å²) < 4.78 is 0. The second kappa shape index (κ2) is 8.02. The Morgan fingerprint density at radius 3 is 2.76 bits per heavy atom. The molecule has 2 N–H and O–H groups in total. The topological polar surface area (TPSA) is 86.3 Å². The Labute approximate surface area is 129 Å². The summed E-state index contributed by atoms with van der Waals surface area (Å²) in [6.07, 6.45) is 4.54. The third-order valence-electron chi connectivity index (χ3n) is 3.41. The van der Waals surface area contributed by atoms with E-state index in [1.807, 2.05) is 13.8 Å². The van der Waals surface area contributed by atoms with Crippen LogP contribution < -0.4 is 5.43 Å². The highest BCUT2D eigenvalue weighted by atomic mass is 32.2. The molecule has 7 nitrogen and oxygen atoms in total. The predicted octanol–water partition coefficient (Wildman–Crippen LogP) is 2.11. The molecule has 0 bridgehead atoms. The molecule has 1 saturated carbocycles. The molecule has 1 aliphatic rings. The van der Waals surface area contributed by atoms with Crippen LogP contribution in [0.5, 0.6) is 0 Å². The number of nitrogens with zero attached hydrogens (tertiary/aromatic N) is 4. The van der Waals surface area contributed by atoms with E-state index in [4.69, 9.17) is 0 Å². The lowest BCUT2D eigenvalue weighted by Crippen LogP contribution is -2.31. The van der Waals surface area contributed by atoms with E-state index < -0.39 is 0 Å². The van der Waals surface area contributed by atoms with Crippen molar-refractivity contribution in [1.29, 1.82) is 0 Å². The Bertz CT molecular complexity index is 489. The number of hydrogen-bond donors (Lipinski definition) is 2. The highest BCUT2D eigenvalue weighted by Crippen LogP contribution is 2.16. The van der Waals surface area contributed by atoms with Gasteiger partial charge in [-0.05, 0) is 39.5 Å². The molecule has 1 aliphatic carbocycles. The minimum Gasteiger partial charge on any atom is -0.343 e. The van der Waals surface area contributed by atoms with Crippen molar-refractivity contribution in [3.05, 3.63) is 0 Å². The number of rotatable bonds is 7. The van der Waals surface area contributed by atoms with Gasteiger partial charge in [0, 0.05) is 18.8 Å². The number of carbonyl (C=O) groups excluding carboxylic acids is 1. The molecule has 1 aromatic heterocycles. The van der Waals surface area contributed by atoms with E-state index in [0.29, 0.717) is 16.9 Å². The fourth-order valence-corrected chi connectivity index (χ4v) is 2.88. The molecule has 0 radical (unpaired) electrons. The number of hydrazone groups is 1. The first-order chi connectivity index (χ1) is 10.2. The van der Waals surface area contributed by atoms with Crippen LogP contribution in [0.1, 0.15) is 39.5 Å². The van der Waals surface area contributed by atoms with Crippen LogP contribution in [0, 0.1) is 0 Å². The summed E-state index contributed by atoms with van der Waals surface area (Å²) in [7, 11) is 0.